The van der Waals surface area contributed by atoms with Crippen LogP contribution in [-0.4, -0.2) is 37.9 Å². The van der Waals surface area contributed by atoms with E-state index in [2.05, 4.69) is 46.4 Å². The van der Waals surface area contributed by atoms with Crippen LogP contribution in [0.25, 0.3) is 28.1 Å². The quantitative estimate of drug-likeness (QED) is 0.354. The molecule has 6 nitrogen and oxygen atoms in total. The van der Waals surface area contributed by atoms with Crippen molar-refractivity contribution >= 4 is 0 Å². The predicted molar refractivity (Wildman–Crippen MR) is 140 cm³/mol. The molecule has 0 radical (unpaired) electrons. The van der Waals surface area contributed by atoms with Gasteiger partial charge in [0, 0.05) is 60.5 Å². The largest absolute Gasteiger partial charge is 0.504 e. The minimum atomic E-state index is 0.162. The molecule has 0 saturated carbocycles. The fourth-order valence-electron chi connectivity index (χ4n) is 4.71. The monoisotopic (exact) mass is 474 g/mol. The zero-order valence-electron chi connectivity index (χ0n) is 19.8. The smallest absolute Gasteiger partial charge is 0.165 e. The molecule has 1 aliphatic rings. The Hall–Kier alpha value is -4.42. The molecule has 0 saturated heterocycles. The summed E-state index contributed by atoms with van der Waals surface area (Å²) in [6, 6.07) is 28.2. The number of phenolic OH excluding ortho intramolecular Hbond substituents is 1. The van der Waals surface area contributed by atoms with Crippen LogP contribution in [0, 0.1) is 0 Å². The van der Waals surface area contributed by atoms with E-state index in [-0.39, 0.29) is 5.75 Å². The Labute approximate surface area is 210 Å². The minimum absolute atomic E-state index is 0.162. The van der Waals surface area contributed by atoms with Crippen molar-refractivity contribution < 1.29 is 9.84 Å². The molecule has 0 spiro atoms. The topological polar surface area (TPSA) is 63.4 Å². The maximum atomic E-state index is 10.7. The Kier molecular flexibility index (Phi) is 5.93. The molecule has 2 aromatic heterocycles. The lowest BCUT2D eigenvalue weighted by atomic mass is 10.0. The molecule has 0 unspecified atom stereocenters. The molecule has 6 rings (SSSR count). The molecule has 3 aromatic carbocycles. The number of benzene rings is 3. The van der Waals surface area contributed by atoms with Crippen LogP contribution in [-0.2, 0) is 13.1 Å². The van der Waals surface area contributed by atoms with Gasteiger partial charge < -0.3 is 9.84 Å². The van der Waals surface area contributed by atoms with Crippen LogP contribution in [0.2, 0.25) is 0 Å². The van der Waals surface area contributed by atoms with Gasteiger partial charge in [-0.25, -0.2) is 4.68 Å². The Balaban J connectivity index is 1.34. The summed E-state index contributed by atoms with van der Waals surface area (Å²) < 4.78 is 7.95. The van der Waals surface area contributed by atoms with Gasteiger partial charge in [-0.15, -0.1) is 0 Å². The number of hydrogen-bond acceptors (Lipinski definition) is 5. The third-order valence-corrected chi connectivity index (χ3v) is 6.44. The first kappa shape index (κ1) is 22.1. The van der Waals surface area contributed by atoms with Gasteiger partial charge in [0.15, 0.2) is 11.5 Å². The Bertz CT molecular complexity index is 1470. The molecule has 1 N–H and O–H groups in total. The lowest BCUT2D eigenvalue weighted by Crippen LogP contribution is -2.25. The first-order valence-electron chi connectivity index (χ1n) is 12.1. The summed E-state index contributed by atoms with van der Waals surface area (Å²) in [4.78, 5) is 6.57. The first-order valence-corrected chi connectivity index (χ1v) is 12.1. The fourth-order valence-corrected chi connectivity index (χ4v) is 4.71. The molecule has 6 heteroatoms. The normalized spacial score (nSPS) is 13.6. The third kappa shape index (κ3) is 4.46. The summed E-state index contributed by atoms with van der Waals surface area (Å²) in [5.74, 6) is 0.725. The van der Waals surface area contributed by atoms with Crippen LogP contribution in [0.15, 0.2) is 104 Å². The average Bonchev–Trinajstić information content (AvgIpc) is 3.23. The van der Waals surface area contributed by atoms with Crippen molar-refractivity contribution in [2.75, 3.05) is 13.2 Å². The van der Waals surface area contributed by atoms with Crippen LogP contribution < -0.4 is 4.74 Å². The number of para-hydroxylation sites is 1. The highest BCUT2D eigenvalue weighted by Gasteiger charge is 2.22. The van der Waals surface area contributed by atoms with E-state index >= 15 is 0 Å². The van der Waals surface area contributed by atoms with Crippen LogP contribution >= 0.6 is 0 Å². The lowest BCUT2D eigenvalue weighted by Gasteiger charge is -2.19. The molecule has 0 fully saturated rings. The molecule has 0 amide bonds. The Morgan fingerprint density at radius 3 is 2.42 bits per heavy atom. The second kappa shape index (κ2) is 9.68. The van der Waals surface area contributed by atoms with Gasteiger partial charge in [0.1, 0.15) is 6.61 Å². The summed E-state index contributed by atoms with van der Waals surface area (Å²) in [7, 11) is 0. The number of aromatic hydroxyl groups is 1. The molecule has 36 heavy (non-hydrogen) atoms. The highest BCUT2D eigenvalue weighted by molar-refractivity contribution is 5.68. The van der Waals surface area contributed by atoms with Gasteiger partial charge in [0.05, 0.1) is 11.4 Å². The van der Waals surface area contributed by atoms with Gasteiger partial charge in [-0.1, -0.05) is 54.6 Å². The van der Waals surface area contributed by atoms with E-state index in [1.807, 2.05) is 53.2 Å². The number of phenols is 1. The summed E-state index contributed by atoms with van der Waals surface area (Å²) >= 11 is 0. The van der Waals surface area contributed by atoms with E-state index < -0.39 is 0 Å². The molecule has 3 heterocycles. The number of fused-ring (bicyclic) bond motifs is 1. The van der Waals surface area contributed by atoms with Gasteiger partial charge in [0.25, 0.3) is 0 Å². The maximum Gasteiger partial charge on any atom is 0.165 e. The molecule has 1 aliphatic heterocycles. The van der Waals surface area contributed by atoms with Gasteiger partial charge in [0.2, 0.25) is 0 Å². The molecule has 0 aliphatic carbocycles. The molecule has 5 aromatic rings. The summed E-state index contributed by atoms with van der Waals surface area (Å²) in [5, 5.41) is 15.7. The van der Waals surface area contributed by atoms with Crippen molar-refractivity contribution in [1.29, 1.82) is 0 Å². The number of hydrogen-bond donors (Lipinski definition) is 1. The first-order chi connectivity index (χ1) is 17.7. The van der Waals surface area contributed by atoms with Crippen LogP contribution in [0.3, 0.4) is 0 Å². The number of aromatic nitrogens is 3. The molecular formula is C30H26N4O2. The van der Waals surface area contributed by atoms with E-state index in [9.17, 15) is 5.11 Å². The van der Waals surface area contributed by atoms with Gasteiger partial charge in [-0.05, 0) is 35.9 Å². The van der Waals surface area contributed by atoms with Crippen molar-refractivity contribution in [3.8, 4) is 39.6 Å². The van der Waals surface area contributed by atoms with E-state index in [1.165, 1.54) is 0 Å². The van der Waals surface area contributed by atoms with Gasteiger partial charge in [-0.3, -0.25) is 9.88 Å². The highest BCUT2D eigenvalue weighted by atomic mass is 16.5. The van der Waals surface area contributed by atoms with E-state index in [0.29, 0.717) is 25.4 Å². The van der Waals surface area contributed by atoms with Crippen molar-refractivity contribution in [2.45, 2.75) is 13.1 Å². The standard InChI is InChI=1S/C30H26N4O2/c35-28-17-24(23-10-7-13-31-18-23)16-25-19-33(14-15-36-30(25)28)20-26-21-34(27-11-5-2-6-12-27)32-29(26)22-8-3-1-4-9-22/h1-13,16-18,21,35H,14-15,19-20H2. The van der Waals surface area contributed by atoms with Crippen molar-refractivity contribution in [2.24, 2.45) is 0 Å². The second-order valence-corrected chi connectivity index (χ2v) is 8.93. The van der Waals surface area contributed by atoms with Gasteiger partial charge >= 0.3 is 0 Å². The summed E-state index contributed by atoms with van der Waals surface area (Å²) in [6.07, 6.45) is 5.67. The van der Waals surface area contributed by atoms with Gasteiger partial charge in [-0.2, -0.15) is 5.10 Å². The SMILES string of the molecule is Oc1cc(-c2cccnc2)cc2c1OCCN(Cc1cn(-c3ccccc3)nc1-c1ccccc1)C2. The van der Waals surface area contributed by atoms with Crippen molar-refractivity contribution in [1.82, 2.24) is 19.7 Å². The molecular weight excluding hydrogens is 448 g/mol. The Morgan fingerprint density at radius 2 is 1.64 bits per heavy atom. The van der Waals surface area contributed by atoms with Crippen molar-refractivity contribution in [3.63, 3.8) is 0 Å². The predicted octanol–water partition coefficient (Wildman–Crippen LogP) is 5.70. The number of pyridine rings is 1. The van der Waals surface area contributed by atoms with Crippen LogP contribution in [0.4, 0.5) is 0 Å². The summed E-state index contributed by atoms with van der Waals surface area (Å²) in [6.45, 7) is 2.60. The summed E-state index contributed by atoms with van der Waals surface area (Å²) in [5.41, 5.74) is 7.07. The van der Waals surface area contributed by atoms with Crippen LogP contribution in [0.1, 0.15) is 11.1 Å². The van der Waals surface area contributed by atoms with Crippen LogP contribution in [0.5, 0.6) is 11.5 Å². The van der Waals surface area contributed by atoms with E-state index in [4.69, 9.17) is 9.84 Å². The minimum Gasteiger partial charge on any atom is -0.504 e. The number of nitrogens with zero attached hydrogens (tertiary/aromatic N) is 4. The Morgan fingerprint density at radius 1 is 0.861 bits per heavy atom. The highest BCUT2D eigenvalue weighted by Crippen LogP contribution is 2.38. The lowest BCUT2D eigenvalue weighted by molar-refractivity contribution is 0.217. The van der Waals surface area contributed by atoms with Crippen molar-refractivity contribution in [3.05, 3.63) is 115 Å². The number of rotatable bonds is 5. The average molecular weight is 475 g/mol. The zero-order chi connectivity index (χ0) is 24.3. The molecule has 0 bridgehead atoms. The molecule has 0 atom stereocenters. The van der Waals surface area contributed by atoms with E-state index in [1.54, 1.807) is 18.5 Å². The second-order valence-electron chi connectivity index (χ2n) is 8.93. The fraction of sp³-hybridized carbons (Fsp3) is 0.133. The zero-order valence-corrected chi connectivity index (χ0v) is 19.8. The van der Waals surface area contributed by atoms with E-state index in [0.717, 1.165) is 45.7 Å². The third-order valence-electron chi connectivity index (χ3n) is 6.44. The number of ether oxygens (including phenoxy) is 1. The molecule has 178 valence electrons. The maximum absolute atomic E-state index is 10.7.